The van der Waals surface area contributed by atoms with Gasteiger partial charge in [-0.15, -0.1) is 0 Å². The third kappa shape index (κ3) is 9.08. The van der Waals surface area contributed by atoms with Crippen LogP contribution in [-0.4, -0.2) is 58.8 Å². The number of halogens is 3. The van der Waals surface area contributed by atoms with Gasteiger partial charge < -0.3 is 25.6 Å². The SMILES string of the molecule is CCC(=O)C(NC(=O)CCC1CCNCC1)(Oc1ccccc1)C(=O)O.O=C(O)C(F)(F)F. The second kappa shape index (κ2) is 12.8. The summed E-state index contributed by atoms with van der Waals surface area (Å²) in [6.45, 7) is 3.39. The Labute approximate surface area is 188 Å². The number of rotatable bonds is 9. The summed E-state index contributed by atoms with van der Waals surface area (Å²) < 4.78 is 37.2. The van der Waals surface area contributed by atoms with Crippen molar-refractivity contribution in [1.29, 1.82) is 0 Å². The first-order chi connectivity index (χ1) is 15.4. The van der Waals surface area contributed by atoms with Crippen LogP contribution < -0.4 is 15.4 Å². The quantitative estimate of drug-likeness (QED) is 0.314. The first-order valence-corrected chi connectivity index (χ1v) is 10.2. The third-order valence-corrected chi connectivity index (χ3v) is 4.83. The van der Waals surface area contributed by atoms with E-state index in [1.807, 2.05) is 0 Å². The van der Waals surface area contributed by atoms with Crippen molar-refractivity contribution in [2.24, 2.45) is 5.92 Å². The van der Waals surface area contributed by atoms with Crippen LogP contribution in [0.4, 0.5) is 13.2 Å². The number of carboxylic acids is 2. The molecule has 12 heteroatoms. The molecule has 0 radical (unpaired) electrons. The molecule has 1 saturated heterocycles. The largest absolute Gasteiger partial charge is 0.490 e. The number of para-hydroxylation sites is 1. The minimum absolute atomic E-state index is 0.0757. The molecule has 1 aliphatic rings. The summed E-state index contributed by atoms with van der Waals surface area (Å²) in [5.74, 6) is -4.85. The van der Waals surface area contributed by atoms with Crippen molar-refractivity contribution in [3.8, 4) is 5.75 Å². The first-order valence-electron chi connectivity index (χ1n) is 10.2. The molecule has 0 saturated carbocycles. The number of alkyl halides is 3. The Kier molecular flexibility index (Phi) is 10.8. The summed E-state index contributed by atoms with van der Waals surface area (Å²) in [6, 6.07) is 8.16. The van der Waals surface area contributed by atoms with Gasteiger partial charge in [-0.2, -0.15) is 13.2 Å². The Balaban J connectivity index is 0.000000675. The molecule has 1 aromatic carbocycles. The average molecular weight is 476 g/mol. The fraction of sp³-hybridized carbons (Fsp3) is 0.524. The minimum Gasteiger partial charge on any atom is -0.476 e. The second-order valence-electron chi connectivity index (χ2n) is 7.26. The van der Waals surface area contributed by atoms with Crippen LogP contribution in [-0.2, 0) is 19.2 Å². The van der Waals surface area contributed by atoms with Gasteiger partial charge in [0.05, 0.1) is 0 Å². The van der Waals surface area contributed by atoms with E-state index < -0.39 is 35.5 Å². The molecule has 0 spiro atoms. The van der Waals surface area contributed by atoms with E-state index in [-0.39, 0.29) is 18.6 Å². The van der Waals surface area contributed by atoms with E-state index in [0.717, 1.165) is 25.9 Å². The van der Waals surface area contributed by atoms with Gasteiger partial charge in [-0.1, -0.05) is 25.1 Å². The average Bonchev–Trinajstić information content (AvgIpc) is 2.77. The molecule has 184 valence electrons. The van der Waals surface area contributed by atoms with Crippen molar-refractivity contribution >= 4 is 23.6 Å². The molecule has 1 heterocycles. The number of nitrogens with one attached hydrogen (secondary N) is 2. The topological polar surface area (TPSA) is 142 Å². The Morgan fingerprint density at radius 2 is 1.61 bits per heavy atom. The summed E-state index contributed by atoms with van der Waals surface area (Å²) >= 11 is 0. The molecule has 1 amide bonds. The Hall–Kier alpha value is -3.15. The number of benzene rings is 1. The van der Waals surface area contributed by atoms with E-state index in [2.05, 4.69) is 10.6 Å². The maximum atomic E-state index is 12.4. The molecule has 2 rings (SSSR count). The van der Waals surface area contributed by atoms with E-state index in [0.29, 0.717) is 12.3 Å². The standard InChI is InChI=1S/C19H26N2O5.C2HF3O2/c1-2-16(22)19(18(24)25,26-15-6-4-3-5-7-15)21-17(23)9-8-14-10-12-20-13-11-14;3-2(4,5)1(6)7/h3-7,14,20H,2,8-13H2,1H3,(H,21,23)(H,24,25);(H,6,7). The summed E-state index contributed by atoms with van der Waals surface area (Å²) in [5, 5.41) is 22.4. The molecular formula is C21H27F3N2O7. The summed E-state index contributed by atoms with van der Waals surface area (Å²) in [4.78, 5) is 45.6. The molecule has 33 heavy (non-hydrogen) atoms. The number of piperidine rings is 1. The van der Waals surface area contributed by atoms with Gasteiger partial charge >= 0.3 is 23.8 Å². The molecule has 1 aliphatic heterocycles. The van der Waals surface area contributed by atoms with Gasteiger partial charge in [0, 0.05) is 12.8 Å². The Morgan fingerprint density at radius 1 is 1.06 bits per heavy atom. The first kappa shape index (κ1) is 27.9. The van der Waals surface area contributed by atoms with Crippen LogP contribution in [0, 0.1) is 5.92 Å². The molecule has 4 N–H and O–H groups in total. The molecule has 0 aliphatic carbocycles. The molecule has 1 atom stereocenters. The van der Waals surface area contributed by atoms with Crippen LogP contribution in [0.1, 0.15) is 39.0 Å². The van der Waals surface area contributed by atoms with Crippen LogP contribution >= 0.6 is 0 Å². The highest BCUT2D eigenvalue weighted by Gasteiger charge is 2.49. The number of hydrogen-bond acceptors (Lipinski definition) is 6. The number of aliphatic carboxylic acids is 2. The lowest BCUT2D eigenvalue weighted by Crippen LogP contribution is -2.64. The fourth-order valence-electron chi connectivity index (χ4n) is 3.05. The number of Topliss-reactive ketones (excluding diaryl/α,β-unsaturated/α-hetero) is 1. The molecule has 0 bridgehead atoms. The van der Waals surface area contributed by atoms with Gasteiger partial charge in [0.2, 0.25) is 11.7 Å². The Bertz CT molecular complexity index is 812. The van der Waals surface area contributed by atoms with E-state index in [1.54, 1.807) is 30.3 Å². The van der Waals surface area contributed by atoms with Crippen LogP contribution in [0.15, 0.2) is 30.3 Å². The van der Waals surface area contributed by atoms with Crippen molar-refractivity contribution < 1.29 is 47.3 Å². The normalized spacial score (nSPS) is 15.9. The molecule has 1 fully saturated rings. The van der Waals surface area contributed by atoms with E-state index >= 15 is 0 Å². The molecular weight excluding hydrogens is 449 g/mol. The van der Waals surface area contributed by atoms with Crippen molar-refractivity contribution in [2.75, 3.05) is 13.1 Å². The number of carbonyl (C=O) groups excluding carboxylic acids is 2. The van der Waals surface area contributed by atoms with Crippen LogP contribution in [0.3, 0.4) is 0 Å². The zero-order valence-corrected chi connectivity index (χ0v) is 18.0. The summed E-state index contributed by atoms with van der Waals surface area (Å²) in [7, 11) is 0. The van der Waals surface area contributed by atoms with Gasteiger partial charge in [-0.25, -0.2) is 9.59 Å². The molecule has 9 nitrogen and oxygen atoms in total. The highest BCUT2D eigenvalue weighted by atomic mass is 19.4. The van der Waals surface area contributed by atoms with Gasteiger partial charge in [0.15, 0.2) is 0 Å². The lowest BCUT2D eigenvalue weighted by atomic mass is 9.93. The number of carboxylic acid groups (broad SMARTS) is 2. The highest BCUT2D eigenvalue weighted by Crippen LogP contribution is 2.21. The smallest absolute Gasteiger partial charge is 0.476 e. The molecule has 1 aromatic rings. The maximum absolute atomic E-state index is 12.4. The number of carbonyl (C=O) groups is 4. The van der Waals surface area contributed by atoms with E-state index in [9.17, 15) is 32.7 Å². The van der Waals surface area contributed by atoms with Crippen LogP contribution in [0.5, 0.6) is 5.75 Å². The maximum Gasteiger partial charge on any atom is 0.490 e. The van der Waals surface area contributed by atoms with Gasteiger partial charge in [-0.3, -0.25) is 9.59 Å². The van der Waals surface area contributed by atoms with Crippen LogP contribution in [0.2, 0.25) is 0 Å². The van der Waals surface area contributed by atoms with Crippen molar-refractivity contribution in [1.82, 2.24) is 10.6 Å². The third-order valence-electron chi connectivity index (χ3n) is 4.83. The molecule has 0 aromatic heterocycles. The zero-order valence-electron chi connectivity index (χ0n) is 18.0. The number of hydrogen-bond donors (Lipinski definition) is 4. The van der Waals surface area contributed by atoms with Crippen molar-refractivity contribution in [3.63, 3.8) is 0 Å². The lowest BCUT2D eigenvalue weighted by Gasteiger charge is -2.30. The monoisotopic (exact) mass is 476 g/mol. The van der Waals surface area contributed by atoms with Gasteiger partial charge in [0.25, 0.3) is 0 Å². The lowest BCUT2D eigenvalue weighted by molar-refractivity contribution is -0.192. The zero-order chi connectivity index (χ0) is 25.1. The van der Waals surface area contributed by atoms with Gasteiger partial charge in [-0.05, 0) is 50.4 Å². The predicted octanol–water partition coefficient (Wildman–Crippen LogP) is 2.35. The number of ketones is 1. The second-order valence-corrected chi connectivity index (χ2v) is 7.26. The Morgan fingerprint density at radius 3 is 2.06 bits per heavy atom. The number of ether oxygens (including phenoxy) is 1. The number of amides is 1. The van der Waals surface area contributed by atoms with Crippen LogP contribution in [0.25, 0.3) is 0 Å². The summed E-state index contributed by atoms with van der Waals surface area (Å²) in [6.07, 6.45) is -2.35. The highest BCUT2D eigenvalue weighted by molar-refractivity contribution is 6.08. The minimum atomic E-state index is -5.08. The van der Waals surface area contributed by atoms with Crippen molar-refractivity contribution in [3.05, 3.63) is 30.3 Å². The predicted molar refractivity (Wildman–Crippen MR) is 109 cm³/mol. The van der Waals surface area contributed by atoms with E-state index in [4.69, 9.17) is 14.6 Å². The molecule has 1 unspecified atom stereocenters. The fourth-order valence-corrected chi connectivity index (χ4v) is 3.05. The van der Waals surface area contributed by atoms with E-state index in [1.165, 1.54) is 6.92 Å². The summed E-state index contributed by atoms with van der Waals surface area (Å²) in [5.41, 5.74) is -2.40. The van der Waals surface area contributed by atoms with Gasteiger partial charge in [0.1, 0.15) is 5.75 Å². The van der Waals surface area contributed by atoms with Crippen molar-refractivity contribution in [2.45, 2.75) is 50.9 Å².